The smallest absolute Gasteiger partial charge is 0.226 e. The van der Waals surface area contributed by atoms with Gasteiger partial charge in [0, 0.05) is 19.1 Å². The molecule has 2 aromatic heterocycles. The first-order chi connectivity index (χ1) is 8.67. The van der Waals surface area contributed by atoms with Gasteiger partial charge in [-0.05, 0) is 27.7 Å². The van der Waals surface area contributed by atoms with Crippen molar-refractivity contribution in [1.29, 1.82) is 0 Å². The van der Waals surface area contributed by atoms with Crippen LogP contribution in [0.2, 0.25) is 0 Å². The lowest BCUT2D eigenvalue weighted by Gasteiger charge is -2.26. The Labute approximate surface area is 107 Å². The maximum absolute atomic E-state index is 4.60. The van der Waals surface area contributed by atoms with Crippen molar-refractivity contribution in [3.63, 3.8) is 0 Å². The van der Waals surface area contributed by atoms with Crippen molar-refractivity contribution in [3.8, 4) is 0 Å². The number of hydrogen-bond acceptors (Lipinski definition) is 5. The largest absolute Gasteiger partial charge is 0.354 e. The Morgan fingerprint density at radius 2 is 2.11 bits per heavy atom. The van der Waals surface area contributed by atoms with E-state index in [9.17, 15) is 0 Å². The van der Waals surface area contributed by atoms with Gasteiger partial charge >= 0.3 is 0 Å². The molecule has 6 heteroatoms. The van der Waals surface area contributed by atoms with E-state index >= 15 is 0 Å². The van der Waals surface area contributed by atoms with Crippen LogP contribution in [0.25, 0.3) is 11.0 Å². The topological polar surface area (TPSA) is 69.7 Å². The maximum Gasteiger partial charge on any atom is 0.226 e. The number of nitrogens with zero attached hydrogens (tertiary/aromatic N) is 4. The van der Waals surface area contributed by atoms with Crippen LogP contribution in [0.4, 0.5) is 11.8 Å². The lowest BCUT2D eigenvalue weighted by atomic mass is 10.3. The molecule has 0 saturated carbocycles. The van der Waals surface area contributed by atoms with Crippen molar-refractivity contribution in [3.05, 3.63) is 6.20 Å². The predicted octanol–water partition coefficient (Wildman–Crippen LogP) is 2.02. The van der Waals surface area contributed by atoms with Crippen molar-refractivity contribution in [2.45, 2.75) is 33.7 Å². The minimum Gasteiger partial charge on any atom is -0.354 e. The van der Waals surface area contributed by atoms with Crippen molar-refractivity contribution in [2.24, 2.45) is 0 Å². The summed E-state index contributed by atoms with van der Waals surface area (Å²) in [6.45, 7) is 10.2. The van der Waals surface area contributed by atoms with E-state index in [0.29, 0.717) is 12.0 Å². The standard InChI is InChI=1S/C12H20N6/c1-5-13-12-15-10-9(7-14-17-10)11(16-12)18(6-2)8(3)4/h7-8H,5-6H2,1-4H3,(H2,13,14,15,16,17). The first kappa shape index (κ1) is 12.6. The summed E-state index contributed by atoms with van der Waals surface area (Å²) < 4.78 is 0. The average Bonchev–Trinajstić information content (AvgIpc) is 2.78. The summed E-state index contributed by atoms with van der Waals surface area (Å²) in [5.41, 5.74) is 0.773. The normalized spacial score (nSPS) is 11.2. The molecule has 0 amide bonds. The zero-order valence-corrected chi connectivity index (χ0v) is 11.4. The van der Waals surface area contributed by atoms with Gasteiger partial charge in [-0.2, -0.15) is 15.1 Å². The van der Waals surface area contributed by atoms with Crippen LogP contribution >= 0.6 is 0 Å². The van der Waals surface area contributed by atoms with E-state index in [1.165, 1.54) is 0 Å². The number of aromatic nitrogens is 4. The molecule has 0 saturated heterocycles. The van der Waals surface area contributed by atoms with Gasteiger partial charge in [0.15, 0.2) is 5.65 Å². The van der Waals surface area contributed by atoms with Gasteiger partial charge in [0.25, 0.3) is 0 Å². The van der Waals surface area contributed by atoms with Crippen LogP contribution < -0.4 is 10.2 Å². The molecule has 0 aliphatic rings. The van der Waals surface area contributed by atoms with Crippen LogP contribution in [0.15, 0.2) is 6.20 Å². The molecule has 0 unspecified atom stereocenters. The Morgan fingerprint density at radius 3 is 2.72 bits per heavy atom. The fraction of sp³-hybridized carbons (Fsp3) is 0.583. The summed E-state index contributed by atoms with van der Waals surface area (Å²) in [6, 6.07) is 0.387. The Bertz CT molecular complexity index is 518. The molecule has 2 aromatic rings. The number of nitrogens with one attached hydrogen (secondary N) is 2. The first-order valence-corrected chi connectivity index (χ1v) is 6.39. The van der Waals surface area contributed by atoms with Gasteiger partial charge in [-0.3, -0.25) is 5.10 Å². The van der Waals surface area contributed by atoms with Gasteiger partial charge in [-0.1, -0.05) is 0 Å². The van der Waals surface area contributed by atoms with E-state index in [4.69, 9.17) is 0 Å². The first-order valence-electron chi connectivity index (χ1n) is 6.39. The zero-order valence-electron chi connectivity index (χ0n) is 11.4. The second kappa shape index (κ2) is 5.20. The van der Waals surface area contributed by atoms with E-state index in [-0.39, 0.29) is 0 Å². The number of H-pyrrole nitrogens is 1. The Balaban J connectivity index is 2.55. The second-order valence-electron chi connectivity index (χ2n) is 4.41. The molecular formula is C12H20N6. The van der Waals surface area contributed by atoms with Crippen LogP contribution in [0, 0.1) is 0 Å². The third-order valence-electron chi connectivity index (χ3n) is 2.86. The lowest BCUT2D eigenvalue weighted by molar-refractivity contribution is 0.696. The molecule has 98 valence electrons. The van der Waals surface area contributed by atoms with Crippen molar-refractivity contribution in [1.82, 2.24) is 20.2 Å². The van der Waals surface area contributed by atoms with Gasteiger partial charge in [0.2, 0.25) is 5.95 Å². The summed E-state index contributed by atoms with van der Waals surface area (Å²) in [5.74, 6) is 1.57. The number of aromatic amines is 1. The number of hydrogen-bond donors (Lipinski definition) is 2. The summed E-state index contributed by atoms with van der Waals surface area (Å²) in [5, 5.41) is 11.1. The average molecular weight is 248 g/mol. The van der Waals surface area contributed by atoms with Crippen LogP contribution in [0.1, 0.15) is 27.7 Å². The third kappa shape index (κ3) is 2.23. The van der Waals surface area contributed by atoms with Crippen molar-refractivity contribution >= 4 is 22.8 Å². The van der Waals surface area contributed by atoms with Gasteiger partial charge in [0.05, 0.1) is 11.6 Å². The third-order valence-corrected chi connectivity index (χ3v) is 2.86. The fourth-order valence-corrected chi connectivity index (χ4v) is 2.04. The Morgan fingerprint density at radius 1 is 1.33 bits per heavy atom. The molecular weight excluding hydrogens is 228 g/mol. The minimum absolute atomic E-state index is 0.387. The molecule has 2 heterocycles. The SMILES string of the molecule is CCNc1nc(N(CC)C(C)C)c2cn[nH]c2n1. The van der Waals surface area contributed by atoms with Crippen LogP contribution in [0.3, 0.4) is 0 Å². The summed E-state index contributed by atoms with van der Waals surface area (Å²) in [6.07, 6.45) is 1.78. The van der Waals surface area contributed by atoms with Gasteiger partial charge < -0.3 is 10.2 Å². The molecule has 6 nitrogen and oxygen atoms in total. The van der Waals surface area contributed by atoms with Crippen LogP contribution in [-0.4, -0.2) is 39.3 Å². The fourth-order valence-electron chi connectivity index (χ4n) is 2.04. The molecule has 0 spiro atoms. The zero-order chi connectivity index (χ0) is 13.1. The van der Waals surface area contributed by atoms with Gasteiger partial charge in [0.1, 0.15) is 5.82 Å². The van der Waals surface area contributed by atoms with Gasteiger partial charge in [-0.25, -0.2) is 0 Å². The number of anilines is 2. The molecule has 0 aliphatic heterocycles. The molecule has 0 aliphatic carbocycles. The lowest BCUT2D eigenvalue weighted by Crippen LogP contribution is -2.31. The summed E-state index contributed by atoms with van der Waals surface area (Å²) >= 11 is 0. The molecule has 0 fully saturated rings. The quantitative estimate of drug-likeness (QED) is 0.847. The second-order valence-corrected chi connectivity index (χ2v) is 4.41. The minimum atomic E-state index is 0.387. The van der Waals surface area contributed by atoms with Gasteiger partial charge in [-0.15, -0.1) is 0 Å². The van der Waals surface area contributed by atoms with E-state index in [1.54, 1.807) is 6.20 Å². The molecule has 18 heavy (non-hydrogen) atoms. The van der Waals surface area contributed by atoms with E-state index in [0.717, 1.165) is 29.9 Å². The van der Waals surface area contributed by atoms with Crippen molar-refractivity contribution in [2.75, 3.05) is 23.3 Å². The number of fused-ring (bicyclic) bond motifs is 1. The highest BCUT2D eigenvalue weighted by Gasteiger charge is 2.16. The molecule has 2 N–H and O–H groups in total. The Kier molecular flexibility index (Phi) is 3.64. The molecule has 0 aromatic carbocycles. The van der Waals surface area contributed by atoms with E-state index < -0.39 is 0 Å². The highest BCUT2D eigenvalue weighted by molar-refractivity contribution is 5.87. The summed E-state index contributed by atoms with van der Waals surface area (Å²) in [7, 11) is 0. The molecule has 0 radical (unpaired) electrons. The van der Waals surface area contributed by atoms with Crippen molar-refractivity contribution < 1.29 is 0 Å². The Hall–Kier alpha value is -1.85. The molecule has 2 rings (SSSR count). The maximum atomic E-state index is 4.60. The monoisotopic (exact) mass is 248 g/mol. The summed E-state index contributed by atoms with van der Waals surface area (Å²) in [4.78, 5) is 11.2. The van der Waals surface area contributed by atoms with Crippen LogP contribution in [0.5, 0.6) is 0 Å². The molecule has 0 bridgehead atoms. The number of rotatable bonds is 5. The predicted molar refractivity (Wildman–Crippen MR) is 74.0 cm³/mol. The highest BCUT2D eigenvalue weighted by atomic mass is 15.3. The molecule has 0 atom stereocenters. The van der Waals surface area contributed by atoms with E-state index in [2.05, 4.69) is 51.2 Å². The highest BCUT2D eigenvalue weighted by Crippen LogP contribution is 2.25. The van der Waals surface area contributed by atoms with Crippen LogP contribution in [-0.2, 0) is 0 Å². The van der Waals surface area contributed by atoms with E-state index in [1.807, 2.05) is 6.92 Å².